The van der Waals surface area contributed by atoms with Crippen LogP contribution in [0.3, 0.4) is 0 Å². The second-order valence-corrected chi connectivity index (χ2v) is 9.40. The molecule has 2 aliphatic heterocycles. The van der Waals surface area contributed by atoms with Crippen LogP contribution in [0.25, 0.3) is 22.6 Å². The number of anilines is 2. The Bertz CT molecular complexity index is 1600. The molecule has 2 amide bonds. The summed E-state index contributed by atoms with van der Waals surface area (Å²) in [5.74, 6) is -1.21. The highest BCUT2D eigenvalue weighted by Crippen LogP contribution is 2.54. The van der Waals surface area contributed by atoms with E-state index in [4.69, 9.17) is 0 Å². The number of hydrogen-bond acceptors (Lipinski definition) is 6. The zero-order chi connectivity index (χ0) is 24.7. The molecular formula is C24H19F2N7O2. The first-order valence-corrected chi connectivity index (χ1v) is 10.9. The van der Waals surface area contributed by atoms with E-state index in [9.17, 15) is 18.4 Å². The zero-order valence-electron chi connectivity index (χ0n) is 19.0. The topological polar surface area (TPSA) is 115 Å². The zero-order valence-corrected chi connectivity index (χ0v) is 19.0. The lowest BCUT2D eigenvalue weighted by Gasteiger charge is -2.42. The number of nitrogens with one attached hydrogen (secondary N) is 2. The Morgan fingerprint density at radius 1 is 1.00 bits per heavy atom. The number of nitrogens with zero attached hydrogens (tertiary/aromatic N) is 5. The van der Waals surface area contributed by atoms with Crippen LogP contribution in [0.4, 0.5) is 20.4 Å². The monoisotopic (exact) mass is 475 g/mol. The average molecular weight is 475 g/mol. The predicted octanol–water partition coefficient (Wildman–Crippen LogP) is 3.40. The molecule has 4 aromatic rings. The molecule has 0 aliphatic carbocycles. The van der Waals surface area contributed by atoms with Crippen molar-refractivity contribution in [3.8, 4) is 11.5 Å². The first-order valence-electron chi connectivity index (χ1n) is 10.9. The number of carbonyl (C=O) groups is 2. The van der Waals surface area contributed by atoms with E-state index >= 15 is 0 Å². The Labute approximate surface area is 197 Å². The van der Waals surface area contributed by atoms with E-state index in [2.05, 4.69) is 30.7 Å². The minimum atomic E-state index is -1.17. The molecule has 176 valence electrons. The van der Waals surface area contributed by atoms with Crippen molar-refractivity contribution >= 4 is 34.5 Å². The third kappa shape index (κ3) is 2.77. The van der Waals surface area contributed by atoms with Gasteiger partial charge in [0.05, 0.1) is 34.5 Å². The molecular weight excluding hydrogens is 456 g/mol. The fourth-order valence-corrected chi connectivity index (χ4v) is 4.75. The van der Waals surface area contributed by atoms with Crippen molar-refractivity contribution in [1.82, 2.24) is 24.7 Å². The summed E-state index contributed by atoms with van der Waals surface area (Å²) in [5.41, 5.74) is -0.849. The summed E-state index contributed by atoms with van der Waals surface area (Å²) < 4.78 is 29.9. The van der Waals surface area contributed by atoms with E-state index in [0.717, 1.165) is 6.20 Å². The molecule has 1 atom stereocenters. The van der Waals surface area contributed by atoms with E-state index in [0.29, 0.717) is 22.2 Å². The molecule has 0 fully saturated rings. The van der Waals surface area contributed by atoms with Crippen molar-refractivity contribution in [3.05, 3.63) is 59.3 Å². The molecule has 0 unspecified atom stereocenters. The number of aromatic nitrogens is 5. The van der Waals surface area contributed by atoms with Gasteiger partial charge in [-0.1, -0.05) is 18.2 Å². The van der Waals surface area contributed by atoms with E-state index in [-0.39, 0.29) is 41.5 Å². The highest BCUT2D eigenvalue weighted by Gasteiger charge is 2.61. The third-order valence-electron chi connectivity index (χ3n) is 7.19. The summed E-state index contributed by atoms with van der Waals surface area (Å²) in [6, 6.07) is 7.49. The highest BCUT2D eigenvalue weighted by molar-refractivity contribution is 6.15. The van der Waals surface area contributed by atoms with Crippen LogP contribution in [0.5, 0.6) is 0 Å². The normalized spacial score (nSPS) is 20.0. The van der Waals surface area contributed by atoms with Gasteiger partial charge in [-0.2, -0.15) is 5.10 Å². The van der Waals surface area contributed by atoms with Crippen LogP contribution in [-0.4, -0.2) is 36.5 Å². The lowest BCUT2D eigenvalue weighted by atomic mass is 9.61. The maximum Gasteiger partial charge on any atom is 0.237 e. The molecule has 0 saturated heterocycles. The van der Waals surface area contributed by atoms with Gasteiger partial charge in [0.1, 0.15) is 29.0 Å². The smallest absolute Gasteiger partial charge is 0.237 e. The number of benzene rings is 1. The molecule has 5 heterocycles. The van der Waals surface area contributed by atoms with Crippen LogP contribution in [0.15, 0.2) is 36.5 Å². The van der Waals surface area contributed by atoms with Gasteiger partial charge >= 0.3 is 0 Å². The summed E-state index contributed by atoms with van der Waals surface area (Å²) in [4.78, 5) is 39.1. The first-order chi connectivity index (χ1) is 16.6. The fraction of sp³-hybridized carbons (Fsp3) is 0.250. The second-order valence-electron chi connectivity index (χ2n) is 9.40. The standard InChI is InChI=1S/C24H19F2N7O2/c1-23(2)21(34)30-17-15-18(31-22(35)24(15,23)3)29-19(28-17)16-13-8-12(25)9-27-20(13)33(32-16)10-11-6-4-5-7-14(11)26/h4-9H,10H2,1-3H3,(H2,28,29,30,31,34,35)/t24-/m0/s1. The molecule has 0 radical (unpaired) electrons. The quantitative estimate of drug-likeness (QED) is 0.469. The van der Waals surface area contributed by atoms with Crippen LogP contribution in [0.1, 0.15) is 31.9 Å². The number of pyridine rings is 1. The molecule has 11 heteroatoms. The van der Waals surface area contributed by atoms with E-state index in [1.807, 2.05) is 0 Å². The van der Waals surface area contributed by atoms with Gasteiger partial charge in [-0.15, -0.1) is 0 Å². The third-order valence-corrected chi connectivity index (χ3v) is 7.19. The van der Waals surface area contributed by atoms with Crippen LogP contribution in [-0.2, 0) is 21.5 Å². The minimum Gasteiger partial charge on any atom is -0.310 e. The van der Waals surface area contributed by atoms with Crippen molar-refractivity contribution in [1.29, 1.82) is 0 Å². The lowest BCUT2D eigenvalue weighted by molar-refractivity contribution is -0.136. The Morgan fingerprint density at radius 3 is 2.40 bits per heavy atom. The number of halogens is 2. The van der Waals surface area contributed by atoms with E-state index in [1.54, 1.807) is 39.0 Å². The van der Waals surface area contributed by atoms with Crippen LogP contribution < -0.4 is 10.6 Å². The summed E-state index contributed by atoms with van der Waals surface area (Å²) in [6.07, 6.45) is 1.05. The van der Waals surface area contributed by atoms with Crippen LogP contribution >= 0.6 is 0 Å². The number of hydrogen-bond donors (Lipinski definition) is 2. The second kappa shape index (κ2) is 6.87. The molecule has 2 aliphatic rings. The van der Waals surface area contributed by atoms with E-state index in [1.165, 1.54) is 16.8 Å². The molecule has 6 rings (SSSR count). The number of amides is 2. The van der Waals surface area contributed by atoms with Crippen molar-refractivity contribution < 1.29 is 18.4 Å². The van der Waals surface area contributed by atoms with Gasteiger partial charge in [0.25, 0.3) is 0 Å². The molecule has 35 heavy (non-hydrogen) atoms. The molecule has 3 aromatic heterocycles. The van der Waals surface area contributed by atoms with Crippen molar-refractivity contribution in [2.24, 2.45) is 5.41 Å². The Balaban J connectivity index is 1.55. The van der Waals surface area contributed by atoms with Crippen LogP contribution in [0, 0.1) is 17.0 Å². The van der Waals surface area contributed by atoms with Crippen LogP contribution in [0.2, 0.25) is 0 Å². The van der Waals surface area contributed by atoms with Crippen molar-refractivity contribution in [2.75, 3.05) is 10.6 Å². The van der Waals surface area contributed by atoms with Crippen molar-refractivity contribution in [2.45, 2.75) is 32.7 Å². The SMILES string of the molecule is CC1(C)C(=O)Nc2nc(-c3nn(Cc4ccccc4F)c4ncc(F)cc34)nc3c2[C@@]1(C)C(=O)N3. The van der Waals surface area contributed by atoms with Crippen molar-refractivity contribution in [3.63, 3.8) is 0 Å². The molecule has 0 saturated carbocycles. The van der Waals surface area contributed by atoms with E-state index < -0.39 is 22.5 Å². The fourth-order valence-electron chi connectivity index (χ4n) is 4.75. The molecule has 0 bridgehead atoms. The highest BCUT2D eigenvalue weighted by atomic mass is 19.1. The minimum absolute atomic E-state index is 0.0410. The number of fused-ring (bicyclic) bond motifs is 1. The summed E-state index contributed by atoms with van der Waals surface area (Å²) in [7, 11) is 0. The number of carbonyl (C=O) groups excluding carboxylic acids is 2. The number of rotatable bonds is 3. The lowest BCUT2D eigenvalue weighted by Crippen LogP contribution is -2.54. The summed E-state index contributed by atoms with van der Waals surface area (Å²) >= 11 is 0. The first kappa shape index (κ1) is 21.3. The van der Waals surface area contributed by atoms with Gasteiger partial charge in [0.2, 0.25) is 11.8 Å². The van der Waals surface area contributed by atoms with Gasteiger partial charge in [0.15, 0.2) is 11.5 Å². The van der Waals surface area contributed by atoms with Gasteiger partial charge in [-0.25, -0.2) is 28.4 Å². The Hall–Kier alpha value is -4.28. The van der Waals surface area contributed by atoms with Gasteiger partial charge in [-0.3, -0.25) is 9.59 Å². The molecule has 9 nitrogen and oxygen atoms in total. The molecule has 1 aromatic carbocycles. The maximum absolute atomic E-state index is 14.3. The largest absolute Gasteiger partial charge is 0.310 e. The van der Waals surface area contributed by atoms with Gasteiger partial charge in [-0.05, 0) is 32.9 Å². The predicted molar refractivity (Wildman–Crippen MR) is 122 cm³/mol. The molecule has 0 spiro atoms. The molecule has 2 N–H and O–H groups in total. The summed E-state index contributed by atoms with van der Waals surface area (Å²) in [6.45, 7) is 5.12. The van der Waals surface area contributed by atoms with Gasteiger partial charge in [0, 0.05) is 5.56 Å². The average Bonchev–Trinajstić information content (AvgIpc) is 3.29. The Morgan fingerprint density at radius 2 is 1.69 bits per heavy atom. The maximum atomic E-state index is 14.3. The summed E-state index contributed by atoms with van der Waals surface area (Å²) in [5, 5.41) is 10.4. The Kier molecular flexibility index (Phi) is 4.18. The van der Waals surface area contributed by atoms with Gasteiger partial charge < -0.3 is 10.6 Å².